The summed E-state index contributed by atoms with van der Waals surface area (Å²) in [6.07, 6.45) is 0.296. The van der Waals surface area contributed by atoms with Crippen molar-refractivity contribution in [1.82, 2.24) is 15.0 Å². The first-order valence-corrected chi connectivity index (χ1v) is 10.4. The van der Waals surface area contributed by atoms with Crippen LogP contribution >= 0.6 is 11.3 Å². The molecule has 0 aliphatic carbocycles. The monoisotopic (exact) mass is 393 g/mol. The van der Waals surface area contributed by atoms with Gasteiger partial charge in [0.05, 0.1) is 42.8 Å². The zero-order valence-electron chi connectivity index (χ0n) is 15.4. The van der Waals surface area contributed by atoms with Gasteiger partial charge < -0.3 is 14.3 Å². The molecule has 7 heteroatoms. The number of fused-ring (bicyclic) bond motifs is 2. The molecule has 0 saturated carbocycles. The first-order chi connectivity index (χ1) is 13.8. The molecule has 1 N–H and O–H groups in total. The Morgan fingerprint density at radius 1 is 1.11 bits per heavy atom. The van der Waals surface area contributed by atoms with E-state index in [9.17, 15) is 4.79 Å². The highest BCUT2D eigenvalue weighted by molar-refractivity contribution is 7.18. The van der Waals surface area contributed by atoms with Crippen LogP contribution in [0.4, 0.5) is 0 Å². The summed E-state index contributed by atoms with van der Waals surface area (Å²) >= 11 is 1.77. The summed E-state index contributed by atoms with van der Waals surface area (Å²) in [4.78, 5) is 20.9. The Labute approximate surface area is 166 Å². The van der Waals surface area contributed by atoms with Crippen molar-refractivity contribution in [2.75, 3.05) is 26.2 Å². The summed E-state index contributed by atoms with van der Waals surface area (Å²) in [7, 11) is 0. The zero-order valence-corrected chi connectivity index (χ0v) is 16.2. The van der Waals surface area contributed by atoms with Gasteiger partial charge in [0.1, 0.15) is 17.2 Å². The van der Waals surface area contributed by atoms with Crippen LogP contribution in [0.5, 0.6) is 0 Å². The summed E-state index contributed by atoms with van der Waals surface area (Å²) in [5, 5.41) is 6.19. The molecule has 28 heavy (non-hydrogen) atoms. The van der Waals surface area contributed by atoms with Crippen molar-refractivity contribution in [3.63, 3.8) is 0 Å². The largest absolute Gasteiger partial charge is 0.356 e. The second-order valence-electron chi connectivity index (χ2n) is 7.19. The number of amides is 1. The van der Waals surface area contributed by atoms with Crippen LogP contribution in [0.1, 0.15) is 10.7 Å². The minimum absolute atomic E-state index is 0.123. The van der Waals surface area contributed by atoms with Crippen LogP contribution in [-0.2, 0) is 17.8 Å². The van der Waals surface area contributed by atoms with E-state index in [0.29, 0.717) is 6.42 Å². The van der Waals surface area contributed by atoms with Crippen LogP contribution < -0.4 is 4.90 Å². The lowest BCUT2D eigenvalue weighted by Gasteiger charge is -2.31. The minimum Gasteiger partial charge on any atom is -0.356 e. The number of rotatable bonds is 4. The van der Waals surface area contributed by atoms with Crippen LogP contribution in [0, 0.1) is 0 Å². The second kappa shape index (κ2) is 7.33. The normalized spacial score (nSPS) is 15.5. The molecule has 1 fully saturated rings. The lowest BCUT2D eigenvalue weighted by molar-refractivity contribution is -0.917. The third-order valence-electron chi connectivity index (χ3n) is 5.33. The van der Waals surface area contributed by atoms with Gasteiger partial charge in [-0.3, -0.25) is 4.79 Å². The zero-order chi connectivity index (χ0) is 18.9. The lowest BCUT2D eigenvalue weighted by Crippen LogP contribution is -3.13. The van der Waals surface area contributed by atoms with Crippen LogP contribution in [0.3, 0.4) is 0 Å². The SMILES string of the molecule is O=C(Cc1noc2ccccc12)N1CC[NH+](Cc2nc3ccccc3s2)CC1. The molecule has 3 heterocycles. The number of quaternary nitrogens is 1. The maximum Gasteiger partial charge on any atom is 0.229 e. The van der Waals surface area contributed by atoms with Crippen LogP contribution in [-0.4, -0.2) is 47.1 Å². The number of aromatic nitrogens is 2. The highest BCUT2D eigenvalue weighted by Gasteiger charge is 2.25. The first-order valence-electron chi connectivity index (χ1n) is 9.55. The number of thiazole rings is 1. The van der Waals surface area contributed by atoms with E-state index >= 15 is 0 Å². The molecule has 0 atom stereocenters. The molecule has 0 radical (unpaired) electrons. The molecule has 2 aromatic carbocycles. The maximum atomic E-state index is 12.7. The quantitative estimate of drug-likeness (QED) is 0.575. The van der Waals surface area contributed by atoms with Gasteiger partial charge in [-0.2, -0.15) is 0 Å². The summed E-state index contributed by atoms with van der Waals surface area (Å²) < 4.78 is 6.56. The Bertz CT molecular complexity index is 1090. The highest BCUT2D eigenvalue weighted by atomic mass is 32.1. The van der Waals surface area contributed by atoms with Gasteiger partial charge in [0.25, 0.3) is 0 Å². The number of hydrogen-bond acceptors (Lipinski definition) is 5. The smallest absolute Gasteiger partial charge is 0.229 e. The molecule has 0 spiro atoms. The van der Waals surface area contributed by atoms with E-state index in [1.54, 1.807) is 11.3 Å². The van der Waals surface area contributed by atoms with E-state index in [0.717, 1.165) is 54.9 Å². The van der Waals surface area contributed by atoms with Crippen LogP contribution in [0.2, 0.25) is 0 Å². The molecule has 0 bridgehead atoms. The fourth-order valence-electron chi connectivity index (χ4n) is 3.78. The minimum atomic E-state index is 0.123. The van der Waals surface area contributed by atoms with E-state index in [2.05, 4.69) is 23.4 Å². The van der Waals surface area contributed by atoms with Gasteiger partial charge >= 0.3 is 0 Å². The third kappa shape index (κ3) is 3.39. The van der Waals surface area contributed by atoms with E-state index in [1.165, 1.54) is 14.6 Å². The van der Waals surface area contributed by atoms with Crippen molar-refractivity contribution in [3.8, 4) is 0 Å². The molecular weight excluding hydrogens is 372 g/mol. The number of carbonyl (C=O) groups excluding carboxylic acids is 1. The summed E-state index contributed by atoms with van der Waals surface area (Å²) in [6, 6.07) is 15.9. The molecule has 1 aliphatic rings. The Balaban J connectivity index is 1.19. The number of para-hydroxylation sites is 2. The van der Waals surface area contributed by atoms with Crippen molar-refractivity contribution >= 4 is 38.4 Å². The fourth-order valence-corrected chi connectivity index (χ4v) is 4.82. The number of benzene rings is 2. The Morgan fingerprint density at radius 2 is 1.89 bits per heavy atom. The van der Waals surface area contributed by atoms with Crippen molar-refractivity contribution in [3.05, 3.63) is 59.2 Å². The van der Waals surface area contributed by atoms with Crippen molar-refractivity contribution in [2.24, 2.45) is 0 Å². The Morgan fingerprint density at radius 3 is 2.75 bits per heavy atom. The van der Waals surface area contributed by atoms with Crippen LogP contribution in [0.15, 0.2) is 53.1 Å². The molecule has 2 aromatic heterocycles. The van der Waals surface area contributed by atoms with Crippen molar-refractivity contribution < 1.29 is 14.2 Å². The van der Waals surface area contributed by atoms with Gasteiger partial charge in [-0.15, -0.1) is 11.3 Å². The number of hydrogen-bond donors (Lipinski definition) is 1. The number of piperazine rings is 1. The Hall–Kier alpha value is -2.77. The van der Waals surface area contributed by atoms with Crippen molar-refractivity contribution in [1.29, 1.82) is 0 Å². The summed E-state index contributed by atoms with van der Waals surface area (Å²) in [5.74, 6) is 0.123. The number of nitrogens with zero attached hydrogens (tertiary/aromatic N) is 3. The van der Waals surface area contributed by atoms with E-state index in [4.69, 9.17) is 9.51 Å². The topological polar surface area (TPSA) is 63.7 Å². The number of nitrogens with one attached hydrogen (secondary N) is 1. The van der Waals surface area contributed by atoms with E-state index in [1.807, 2.05) is 35.2 Å². The standard InChI is InChI=1S/C21H20N4O2S/c26-21(13-17-15-5-1-3-7-18(15)27-23-17)25-11-9-24(10-12-25)14-20-22-16-6-2-4-8-19(16)28-20/h1-8H,9-14H2/p+1. The first kappa shape index (κ1) is 17.3. The maximum absolute atomic E-state index is 12.7. The molecule has 4 aromatic rings. The van der Waals surface area contributed by atoms with Gasteiger partial charge in [0, 0.05) is 5.39 Å². The molecular formula is C21H21N4O2S+. The summed E-state index contributed by atoms with van der Waals surface area (Å²) in [6.45, 7) is 4.36. The molecule has 142 valence electrons. The van der Waals surface area contributed by atoms with Gasteiger partial charge in [-0.25, -0.2) is 4.98 Å². The molecule has 1 aliphatic heterocycles. The Kier molecular flexibility index (Phi) is 4.54. The average Bonchev–Trinajstić information content (AvgIpc) is 3.32. The van der Waals surface area contributed by atoms with Gasteiger partial charge in [-0.1, -0.05) is 29.4 Å². The van der Waals surface area contributed by atoms with Gasteiger partial charge in [-0.05, 0) is 24.3 Å². The van der Waals surface area contributed by atoms with Gasteiger partial charge in [0.15, 0.2) is 5.58 Å². The fraction of sp³-hybridized carbons (Fsp3) is 0.286. The predicted octanol–water partition coefficient (Wildman–Crippen LogP) is 1.91. The average molecular weight is 393 g/mol. The lowest BCUT2D eigenvalue weighted by atomic mass is 10.1. The number of carbonyl (C=O) groups is 1. The highest BCUT2D eigenvalue weighted by Crippen LogP contribution is 2.21. The predicted molar refractivity (Wildman–Crippen MR) is 108 cm³/mol. The molecule has 1 saturated heterocycles. The van der Waals surface area contributed by atoms with Crippen LogP contribution in [0.25, 0.3) is 21.2 Å². The second-order valence-corrected chi connectivity index (χ2v) is 8.30. The molecule has 0 unspecified atom stereocenters. The third-order valence-corrected chi connectivity index (χ3v) is 6.37. The van der Waals surface area contributed by atoms with E-state index in [-0.39, 0.29) is 5.91 Å². The summed E-state index contributed by atoms with van der Waals surface area (Å²) in [5.41, 5.74) is 2.54. The molecule has 1 amide bonds. The molecule has 5 rings (SSSR count). The van der Waals surface area contributed by atoms with Crippen molar-refractivity contribution in [2.45, 2.75) is 13.0 Å². The molecule has 6 nitrogen and oxygen atoms in total. The van der Waals surface area contributed by atoms with Gasteiger partial charge in [0.2, 0.25) is 5.91 Å². The van der Waals surface area contributed by atoms with E-state index < -0.39 is 0 Å².